The van der Waals surface area contributed by atoms with E-state index in [-0.39, 0.29) is 10.8 Å². The Bertz CT molecular complexity index is 295. The van der Waals surface area contributed by atoms with E-state index in [1.807, 2.05) is 0 Å². The van der Waals surface area contributed by atoms with Crippen LogP contribution in [0.3, 0.4) is 0 Å². The smallest absolute Gasteiger partial charge is 0.0361 e. The van der Waals surface area contributed by atoms with Gasteiger partial charge in [0.2, 0.25) is 0 Å². The van der Waals surface area contributed by atoms with Crippen LogP contribution in [-0.4, -0.2) is 5.10 Å². The highest BCUT2D eigenvalue weighted by atomic mass is 79.9. The predicted octanol–water partition coefficient (Wildman–Crippen LogP) is 3.40. The standard InChI is InChI=1S/C11H18BrN2/c1-10(2,3)8-7(12)9(14-13-8)11(4,5)6/h1-6H3/q-1. The molecule has 1 rings (SSSR count). The molecule has 0 spiro atoms. The second-order valence-corrected chi connectivity index (χ2v) is 6.50. The third kappa shape index (κ3) is 2.19. The van der Waals surface area contributed by atoms with Crippen LogP contribution in [0, 0.1) is 0 Å². The first-order valence-electron chi connectivity index (χ1n) is 4.84. The fourth-order valence-corrected chi connectivity index (χ4v) is 2.61. The Kier molecular flexibility index (Phi) is 2.83. The van der Waals surface area contributed by atoms with Gasteiger partial charge in [-0.05, 0) is 5.41 Å². The summed E-state index contributed by atoms with van der Waals surface area (Å²) in [5.41, 5.74) is 2.19. The van der Waals surface area contributed by atoms with Crippen molar-refractivity contribution in [3.05, 3.63) is 15.9 Å². The first kappa shape index (κ1) is 11.8. The van der Waals surface area contributed by atoms with Crippen molar-refractivity contribution in [2.45, 2.75) is 52.4 Å². The topological polar surface area (TPSA) is 27.0 Å². The van der Waals surface area contributed by atoms with Crippen LogP contribution in [0.4, 0.5) is 0 Å². The van der Waals surface area contributed by atoms with Crippen LogP contribution in [0.15, 0.2) is 4.47 Å². The molecule has 1 heterocycles. The summed E-state index contributed by atoms with van der Waals surface area (Å²) < 4.78 is 1.07. The van der Waals surface area contributed by atoms with Crippen molar-refractivity contribution < 1.29 is 0 Å². The van der Waals surface area contributed by atoms with E-state index in [0.29, 0.717) is 0 Å². The molecule has 0 aliphatic carbocycles. The van der Waals surface area contributed by atoms with Crippen LogP contribution in [0.25, 0.3) is 0 Å². The SMILES string of the molecule is CC(C)(C)c1n[n-]c(C(C)(C)C)c1Br. The van der Waals surface area contributed by atoms with E-state index < -0.39 is 0 Å². The molecule has 0 aliphatic heterocycles. The third-order valence-corrected chi connectivity index (χ3v) is 2.84. The van der Waals surface area contributed by atoms with Crippen molar-refractivity contribution in [2.75, 3.05) is 0 Å². The second-order valence-electron chi connectivity index (χ2n) is 5.71. The van der Waals surface area contributed by atoms with Crippen LogP contribution < -0.4 is 5.10 Å². The summed E-state index contributed by atoms with van der Waals surface area (Å²) in [5, 5.41) is 8.51. The van der Waals surface area contributed by atoms with E-state index in [4.69, 9.17) is 0 Å². The summed E-state index contributed by atoms with van der Waals surface area (Å²) >= 11 is 3.60. The molecule has 0 amide bonds. The zero-order chi connectivity index (χ0) is 11.1. The van der Waals surface area contributed by atoms with Gasteiger partial charge in [0.1, 0.15) is 0 Å². The molecule has 1 aromatic rings. The Balaban J connectivity index is 3.23. The van der Waals surface area contributed by atoms with Crippen LogP contribution in [-0.2, 0) is 10.8 Å². The minimum Gasteiger partial charge on any atom is -0.577 e. The average Bonchev–Trinajstić information content (AvgIpc) is 2.26. The van der Waals surface area contributed by atoms with Crippen LogP contribution in [0.5, 0.6) is 0 Å². The number of nitrogens with zero attached hydrogens (tertiary/aromatic N) is 2. The largest absolute Gasteiger partial charge is 0.577 e. The number of halogens is 1. The zero-order valence-electron chi connectivity index (χ0n) is 9.77. The van der Waals surface area contributed by atoms with Gasteiger partial charge in [0, 0.05) is 15.6 Å². The van der Waals surface area contributed by atoms with Gasteiger partial charge in [0.05, 0.1) is 0 Å². The molecule has 0 unspecified atom stereocenters. The molecule has 0 aliphatic rings. The molecular formula is C11H18BrN2-. The Hall–Kier alpha value is -0.310. The monoisotopic (exact) mass is 257 g/mol. The van der Waals surface area contributed by atoms with E-state index in [2.05, 4.69) is 67.7 Å². The molecule has 0 fully saturated rings. The van der Waals surface area contributed by atoms with Crippen molar-refractivity contribution in [3.8, 4) is 0 Å². The van der Waals surface area contributed by atoms with Gasteiger partial charge in [0.15, 0.2) is 0 Å². The van der Waals surface area contributed by atoms with Crippen LogP contribution in [0.1, 0.15) is 52.9 Å². The highest BCUT2D eigenvalue weighted by Crippen LogP contribution is 2.34. The number of rotatable bonds is 0. The summed E-state index contributed by atoms with van der Waals surface area (Å²) in [6.07, 6.45) is 0. The Morgan fingerprint density at radius 1 is 1.00 bits per heavy atom. The molecule has 80 valence electrons. The van der Waals surface area contributed by atoms with E-state index in [1.54, 1.807) is 0 Å². The fourth-order valence-electron chi connectivity index (χ4n) is 1.26. The predicted molar refractivity (Wildman–Crippen MR) is 62.7 cm³/mol. The van der Waals surface area contributed by atoms with E-state index in [9.17, 15) is 0 Å². The molecule has 0 saturated heterocycles. The van der Waals surface area contributed by atoms with Crippen molar-refractivity contribution in [3.63, 3.8) is 0 Å². The number of aromatic nitrogens is 2. The van der Waals surface area contributed by atoms with Gasteiger partial charge in [0.25, 0.3) is 0 Å². The lowest BCUT2D eigenvalue weighted by atomic mass is 9.88. The normalized spacial score (nSPS) is 13.4. The van der Waals surface area contributed by atoms with E-state index >= 15 is 0 Å². The fraction of sp³-hybridized carbons (Fsp3) is 0.727. The second kappa shape index (κ2) is 3.37. The molecule has 0 saturated carbocycles. The van der Waals surface area contributed by atoms with Gasteiger partial charge in [-0.1, -0.05) is 57.5 Å². The number of hydrogen-bond acceptors (Lipinski definition) is 1. The third-order valence-electron chi connectivity index (χ3n) is 2.09. The zero-order valence-corrected chi connectivity index (χ0v) is 11.4. The summed E-state index contributed by atoms with van der Waals surface area (Å²) in [4.78, 5) is 0. The number of hydrogen-bond donors (Lipinski definition) is 0. The van der Waals surface area contributed by atoms with Crippen molar-refractivity contribution in [1.29, 1.82) is 0 Å². The Morgan fingerprint density at radius 2 is 1.50 bits per heavy atom. The summed E-state index contributed by atoms with van der Waals surface area (Å²) in [7, 11) is 0. The van der Waals surface area contributed by atoms with Crippen molar-refractivity contribution >= 4 is 15.9 Å². The van der Waals surface area contributed by atoms with Gasteiger partial charge < -0.3 is 10.2 Å². The van der Waals surface area contributed by atoms with Crippen molar-refractivity contribution in [1.82, 2.24) is 10.2 Å². The molecule has 0 atom stereocenters. The maximum Gasteiger partial charge on any atom is 0.0361 e. The molecular weight excluding hydrogens is 240 g/mol. The van der Waals surface area contributed by atoms with Gasteiger partial charge in [-0.3, -0.25) is 0 Å². The maximum atomic E-state index is 4.26. The molecule has 0 radical (unpaired) electrons. The summed E-state index contributed by atoms with van der Waals surface area (Å²) in [5.74, 6) is 0. The minimum atomic E-state index is 0.0509. The Morgan fingerprint density at radius 3 is 1.71 bits per heavy atom. The molecule has 14 heavy (non-hydrogen) atoms. The molecule has 2 nitrogen and oxygen atoms in total. The highest BCUT2D eigenvalue weighted by molar-refractivity contribution is 9.10. The maximum absolute atomic E-state index is 4.26. The molecule has 0 aromatic carbocycles. The lowest BCUT2D eigenvalue weighted by molar-refractivity contribution is 0.560. The molecule has 0 N–H and O–H groups in total. The highest BCUT2D eigenvalue weighted by Gasteiger charge is 2.22. The first-order chi connectivity index (χ1) is 6.14. The summed E-state index contributed by atoms with van der Waals surface area (Å²) in [6, 6.07) is 0. The van der Waals surface area contributed by atoms with Crippen molar-refractivity contribution in [2.24, 2.45) is 0 Å². The van der Waals surface area contributed by atoms with E-state index in [0.717, 1.165) is 15.9 Å². The molecule has 0 bridgehead atoms. The van der Waals surface area contributed by atoms with Crippen LogP contribution >= 0.6 is 15.9 Å². The van der Waals surface area contributed by atoms with E-state index in [1.165, 1.54) is 0 Å². The first-order valence-corrected chi connectivity index (χ1v) is 5.63. The summed E-state index contributed by atoms with van der Waals surface area (Å²) in [6.45, 7) is 12.9. The van der Waals surface area contributed by atoms with Gasteiger partial charge in [-0.15, -0.1) is 5.69 Å². The molecule has 1 aromatic heterocycles. The lowest BCUT2D eigenvalue weighted by Crippen LogP contribution is -2.14. The average molecular weight is 258 g/mol. The molecule has 3 heteroatoms. The van der Waals surface area contributed by atoms with Gasteiger partial charge >= 0.3 is 0 Å². The Labute approximate surface area is 94.6 Å². The van der Waals surface area contributed by atoms with Gasteiger partial charge in [-0.25, -0.2) is 0 Å². The lowest BCUT2D eigenvalue weighted by Gasteiger charge is -2.25. The van der Waals surface area contributed by atoms with Crippen LogP contribution in [0.2, 0.25) is 0 Å². The quantitative estimate of drug-likeness (QED) is 0.713. The van der Waals surface area contributed by atoms with Gasteiger partial charge in [-0.2, -0.15) is 0 Å². The minimum absolute atomic E-state index is 0.0509.